The van der Waals surface area contributed by atoms with Crippen LogP contribution in [0.25, 0.3) is 16.9 Å². The second kappa shape index (κ2) is 12.6. The molecule has 39 heavy (non-hydrogen) atoms. The topological polar surface area (TPSA) is 97.7 Å². The Labute approximate surface area is 228 Å². The molecule has 3 amide bonds. The lowest BCUT2D eigenvalue weighted by molar-refractivity contribution is -0.116. The summed E-state index contributed by atoms with van der Waals surface area (Å²) in [6.45, 7) is 4.25. The van der Waals surface area contributed by atoms with E-state index < -0.39 is 0 Å². The number of urea groups is 1. The van der Waals surface area contributed by atoms with Gasteiger partial charge in [0.2, 0.25) is 5.91 Å². The van der Waals surface area contributed by atoms with Crippen molar-refractivity contribution >= 4 is 23.4 Å². The van der Waals surface area contributed by atoms with Crippen LogP contribution in [0.2, 0.25) is 0 Å². The molecule has 0 atom stereocenters. The monoisotopic (exact) mass is 527 g/mol. The Morgan fingerprint density at radius 1 is 0.872 bits per heavy atom. The zero-order valence-corrected chi connectivity index (χ0v) is 22.5. The first kappa shape index (κ1) is 27.3. The lowest BCUT2D eigenvalue weighted by Gasteiger charge is -2.24. The van der Waals surface area contributed by atoms with Crippen LogP contribution in [0.1, 0.15) is 13.8 Å². The van der Waals surface area contributed by atoms with Crippen molar-refractivity contribution in [1.29, 1.82) is 0 Å². The van der Waals surface area contributed by atoms with Crippen LogP contribution in [0, 0.1) is 5.92 Å². The fraction of sp³-hybridized carbons (Fsp3) is 0.233. The van der Waals surface area contributed by atoms with E-state index in [-0.39, 0.29) is 24.4 Å². The van der Waals surface area contributed by atoms with Gasteiger partial charge in [0.05, 0.1) is 25.6 Å². The summed E-state index contributed by atoms with van der Waals surface area (Å²) in [7, 11) is 3.17. The molecule has 0 unspecified atom stereocenters. The third-order valence-electron chi connectivity index (χ3n) is 5.89. The number of aromatic nitrogens is 2. The molecule has 0 radical (unpaired) electrons. The average Bonchev–Trinajstić information content (AvgIpc) is 3.36. The van der Waals surface area contributed by atoms with Crippen LogP contribution in [0.4, 0.5) is 16.3 Å². The van der Waals surface area contributed by atoms with Gasteiger partial charge in [-0.2, -0.15) is 5.10 Å². The van der Waals surface area contributed by atoms with Gasteiger partial charge < -0.3 is 25.0 Å². The van der Waals surface area contributed by atoms with Crippen molar-refractivity contribution in [3.8, 4) is 28.4 Å². The number of hydrogen-bond acceptors (Lipinski definition) is 5. The molecule has 4 rings (SSSR count). The van der Waals surface area contributed by atoms with Crippen LogP contribution in [0.15, 0.2) is 84.9 Å². The van der Waals surface area contributed by atoms with Gasteiger partial charge in [-0.15, -0.1) is 0 Å². The number of benzene rings is 3. The molecule has 0 bridgehead atoms. The molecule has 1 heterocycles. The maximum Gasteiger partial charge on any atom is 0.322 e. The molecule has 202 valence electrons. The molecule has 3 aromatic carbocycles. The smallest absolute Gasteiger partial charge is 0.322 e. The van der Waals surface area contributed by atoms with E-state index in [1.165, 1.54) is 4.90 Å². The summed E-state index contributed by atoms with van der Waals surface area (Å²) in [5.74, 6) is 1.64. The van der Waals surface area contributed by atoms with Gasteiger partial charge in [-0.25, -0.2) is 9.48 Å². The molecule has 0 saturated carbocycles. The summed E-state index contributed by atoms with van der Waals surface area (Å²) in [5.41, 5.74) is 2.96. The van der Waals surface area contributed by atoms with Crippen LogP contribution in [-0.2, 0) is 4.79 Å². The largest absolute Gasteiger partial charge is 0.497 e. The Hall–Kier alpha value is -4.79. The Morgan fingerprint density at radius 2 is 1.59 bits per heavy atom. The number of nitrogens with one attached hydrogen (secondary N) is 2. The number of rotatable bonds is 10. The van der Waals surface area contributed by atoms with E-state index in [0.717, 1.165) is 11.3 Å². The number of methoxy groups -OCH3 is 2. The lowest BCUT2D eigenvalue weighted by Crippen LogP contribution is -2.42. The molecule has 1 aromatic heterocycles. The summed E-state index contributed by atoms with van der Waals surface area (Å²) in [6.07, 6.45) is 0. The molecule has 4 aromatic rings. The quantitative estimate of drug-likeness (QED) is 0.276. The minimum atomic E-state index is -0.374. The molecule has 0 aliphatic carbocycles. The van der Waals surface area contributed by atoms with Crippen molar-refractivity contribution in [2.75, 3.05) is 37.9 Å². The summed E-state index contributed by atoms with van der Waals surface area (Å²) < 4.78 is 12.2. The summed E-state index contributed by atoms with van der Waals surface area (Å²) in [6, 6.07) is 25.6. The van der Waals surface area contributed by atoms with Crippen LogP contribution in [0.3, 0.4) is 0 Å². The van der Waals surface area contributed by atoms with Crippen LogP contribution < -0.4 is 20.1 Å². The maximum absolute atomic E-state index is 13.3. The van der Waals surface area contributed by atoms with Crippen molar-refractivity contribution in [2.24, 2.45) is 5.92 Å². The fourth-order valence-corrected chi connectivity index (χ4v) is 4.06. The molecular formula is C30H33N5O4. The summed E-state index contributed by atoms with van der Waals surface area (Å²) in [4.78, 5) is 27.9. The van der Waals surface area contributed by atoms with Crippen LogP contribution in [0.5, 0.6) is 11.5 Å². The highest BCUT2D eigenvalue weighted by molar-refractivity contribution is 5.97. The second-order valence-corrected chi connectivity index (χ2v) is 9.38. The van der Waals surface area contributed by atoms with Crippen LogP contribution >= 0.6 is 0 Å². The molecule has 0 fully saturated rings. The molecular weight excluding hydrogens is 494 g/mol. The number of amides is 3. The SMILES string of the molecule is COc1ccc(-n2nc(-c3ccccc3)cc2NC(=O)CN(CC(C)C)C(=O)Nc2cccc(OC)c2)cc1. The molecule has 0 spiro atoms. The van der Waals surface area contributed by atoms with Crippen molar-refractivity contribution in [3.63, 3.8) is 0 Å². The van der Waals surface area contributed by atoms with E-state index in [4.69, 9.17) is 14.6 Å². The minimum Gasteiger partial charge on any atom is -0.497 e. The van der Waals surface area contributed by atoms with E-state index in [0.29, 0.717) is 35.2 Å². The minimum absolute atomic E-state index is 0.136. The lowest BCUT2D eigenvalue weighted by atomic mass is 10.1. The van der Waals surface area contributed by atoms with E-state index >= 15 is 0 Å². The van der Waals surface area contributed by atoms with Gasteiger partial charge in [-0.3, -0.25) is 4.79 Å². The van der Waals surface area contributed by atoms with E-state index in [1.54, 1.807) is 43.2 Å². The van der Waals surface area contributed by atoms with Gasteiger partial charge in [0, 0.05) is 29.9 Å². The summed E-state index contributed by atoms with van der Waals surface area (Å²) in [5, 5.41) is 10.6. The van der Waals surface area contributed by atoms with Gasteiger partial charge in [-0.05, 0) is 42.3 Å². The normalized spacial score (nSPS) is 10.7. The van der Waals surface area contributed by atoms with Crippen LogP contribution in [-0.4, -0.2) is 53.9 Å². The molecule has 0 saturated heterocycles. The van der Waals surface area contributed by atoms with E-state index in [1.807, 2.05) is 74.5 Å². The van der Waals surface area contributed by atoms with Crippen molar-refractivity contribution in [3.05, 3.63) is 84.9 Å². The fourth-order valence-electron chi connectivity index (χ4n) is 4.06. The highest BCUT2D eigenvalue weighted by atomic mass is 16.5. The average molecular weight is 528 g/mol. The molecule has 0 aliphatic heterocycles. The number of nitrogens with zero attached hydrogens (tertiary/aromatic N) is 3. The second-order valence-electron chi connectivity index (χ2n) is 9.38. The first-order valence-electron chi connectivity index (χ1n) is 12.7. The third kappa shape index (κ3) is 7.16. The maximum atomic E-state index is 13.3. The van der Waals surface area contributed by atoms with Crippen molar-refractivity contribution < 1.29 is 19.1 Å². The molecule has 9 heteroatoms. The van der Waals surface area contributed by atoms with E-state index in [9.17, 15) is 9.59 Å². The van der Waals surface area contributed by atoms with E-state index in [2.05, 4.69) is 10.6 Å². The van der Waals surface area contributed by atoms with Crippen molar-refractivity contribution in [1.82, 2.24) is 14.7 Å². The molecule has 0 aliphatic rings. The first-order chi connectivity index (χ1) is 18.9. The predicted molar refractivity (Wildman–Crippen MR) is 153 cm³/mol. The number of anilines is 2. The van der Waals surface area contributed by atoms with Gasteiger partial charge in [0.25, 0.3) is 0 Å². The Balaban J connectivity index is 1.56. The third-order valence-corrected chi connectivity index (χ3v) is 5.89. The Kier molecular flexibility index (Phi) is 8.83. The summed E-state index contributed by atoms with van der Waals surface area (Å²) >= 11 is 0. The zero-order valence-electron chi connectivity index (χ0n) is 22.5. The predicted octanol–water partition coefficient (Wildman–Crippen LogP) is 5.69. The van der Waals surface area contributed by atoms with Gasteiger partial charge in [-0.1, -0.05) is 50.2 Å². The van der Waals surface area contributed by atoms with Gasteiger partial charge in [0.15, 0.2) is 0 Å². The number of carbonyl (C=O) groups is 2. The number of hydrogen-bond donors (Lipinski definition) is 2. The highest BCUT2D eigenvalue weighted by Gasteiger charge is 2.21. The Morgan fingerprint density at radius 3 is 2.26 bits per heavy atom. The van der Waals surface area contributed by atoms with Crippen molar-refractivity contribution in [2.45, 2.75) is 13.8 Å². The number of ether oxygens (including phenoxy) is 2. The highest BCUT2D eigenvalue weighted by Crippen LogP contribution is 2.26. The standard InChI is InChI=1S/C30H33N5O4/c1-21(2)19-34(30(37)31-23-11-8-12-26(17-23)39-4)20-29(36)32-28-18-27(22-9-6-5-7-10-22)33-35(28)24-13-15-25(38-3)16-14-24/h5-18,21H,19-20H2,1-4H3,(H,31,37)(H,32,36). The first-order valence-corrected chi connectivity index (χ1v) is 12.7. The molecule has 2 N–H and O–H groups in total. The Bertz CT molecular complexity index is 1400. The molecule has 9 nitrogen and oxygen atoms in total. The van der Waals surface area contributed by atoms with Gasteiger partial charge in [0.1, 0.15) is 23.9 Å². The van der Waals surface area contributed by atoms with Gasteiger partial charge >= 0.3 is 6.03 Å². The zero-order chi connectivity index (χ0) is 27.8. The number of carbonyl (C=O) groups excluding carboxylic acids is 2.